The van der Waals surface area contributed by atoms with E-state index in [4.69, 9.17) is 9.72 Å². The first-order valence-electron chi connectivity index (χ1n) is 12.9. The van der Waals surface area contributed by atoms with E-state index < -0.39 is 19.6 Å². The van der Waals surface area contributed by atoms with Crippen LogP contribution in [0.1, 0.15) is 62.1 Å². The van der Waals surface area contributed by atoms with Gasteiger partial charge in [-0.15, -0.1) is 0 Å². The van der Waals surface area contributed by atoms with Gasteiger partial charge in [0.15, 0.2) is 5.60 Å². The van der Waals surface area contributed by atoms with Gasteiger partial charge in [0.2, 0.25) is 0 Å². The first-order valence-corrected chi connectivity index (χ1v) is 15.9. The number of ether oxygens (including phenoxy) is 1. The Kier molecular flexibility index (Phi) is 5.10. The Morgan fingerprint density at radius 1 is 1.14 bits per heavy atom. The number of hydrogen-bond acceptors (Lipinski definition) is 5. The second-order valence-electron chi connectivity index (χ2n) is 11.0. The number of aliphatic hydroxyl groups is 1. The standard InChI is InChI=1S/C28H32N2O4Si/c1-4-28(33)21-14-23-24-19(15-30(23)26(31)20(21)16-34-27(28)32)25(18-12-8-9-13-22(18)29-24)35(2,3)17-10-6-5-7-11-17/h8-9,12-14,17,33H,4-7,10-11,15-16H2,1-3H3/t28-/m0/s1. The van der Waals surface area contributed by atoms with Crippen LogP contribution < -0.4 is 10.7 Å². The lowest BCUT2D eigenvalue weighted by Gasteiger charge is -2.37. The highest BCUT2D eigenvalue weighted by Gasteiger charge is 2.46. The molecule has 6 rings (SSSR count). The molecule has 0 unspecified atom stereocenters. The van der Waals surface area contributed by atoms with Crippen LogP contribution in [-0.2, 0) is 28.3 Å². The van der Waals surface area contributed by atoms with E-state index in [9.17, 15) is 14.7 Å². The zero-order valence-corrected chi connectivity index (χ0v) is 21.7. The Hall–Kier alpha value is -2.77. The molecule has 4 heterocycles. The van der Waals surface area contributed by atoms with Gasteiger partial charge in [-0.05, 0) is 40.2 Å². The Bertz CT molecular complexity index is 1440. The maximum atomic E-state index is 13.7. The van der Waals surface area contributed by atoms with Crippen molar-refractivity contribution >= 4 is 30.1 Å². The van der Waals surface area contributed by atoms with Crippen LogP contribution in [0, 0.1) is 0 Å². The molecule has 0 saturated heterocycles. The highest BCUT2D eigenvalue weighted by molar-refractivity contribution is 6.93. The second-order valence-corrected chi connectivity index (χ2v) is 15.8. The predicted octanol–water partition coefficient (Wildman–Crippen LogP) is 4.33. The summed E-state index contributed by atoms with van der Waals surface area (Å²) in [6.07, 6.45) is 6.60. The largest absolute Gasteiger partial charge is 0.458 e. The Labute approximate surface area is 206 Å². The molecule has 1 atom stereocenters. The summed E-state index contributed by atoms with van der Waals surface area (Å²) in [5.41, 5.74) is 3.08. The van der Waals surface area contributed by atoms with E-state index in [0.717, 1.165) is 16.8 Å². The average Bonchev–Trinajstić information content (AvgIpc) is 3.23. The van der Waals surface area contributed by atoms with Crippen LogP contribution in [0.15, 0.2) is 35.1 Å². The smallest absolute Gasteiger partial charge is 0.343 e. The Morgan fingerprint density at radius 2 is 1.89 bits per heavy atom. The van der Waals surface area contributed by atoms with Gasteiger partial charge >= 0.3 is 5.97 Å². The first kappa shape index (κ1) is 22.7. The van der Waals surface area contributed by atoms with Gasteiger partial charge in [-0.3, -0.25) is 4.79 Å². The summed E-state index contributed by atoms with van der Waals surface area (Å²) in [7, 11) is -1.92. The maximum Gasteiger partial charge on any atom is 0.343 e. The van der Waals surface area contributed by atoms with Crippen LogP contribution in [0.5, 0.6) is 0 Å². The third-order valence-corrected chi connectivity index (χ3v) is 13.3. The van der Waals surface area contributed by atoms with Crippen LogP contribution in [0.4, 0.5) is 0 Å². The van der Waals surface area contributed by atoms with Gasteiger partial charge in [0.25, 0.3) is 5.56 Å². The van der Waals surface area contributed by atoms with Crippen LogP contribution in [0.25, 0.3) is 22.3 Å². The summed E-state index contributed by atoms with van der Waals surface area (Å²) in [6, 6.07) is 10.2. The highest BCUT2D eigenvalue weighted by atomic mass is 28.3. The van der Waals surface area contributed by atoms with Crippen LogP contribution in [0.2, 0.25) is 18.6 Å². The SMILES string of the molecule is CC[C@@]1(O)C(=O)OCc2c1cc1n(c2=O)Cc2c-1nc1ccccc1c2[Si](C)(C)C1CCCCC1. The molecule has 35 heavy (non-hydrogen) atoms. The van der Waals surface area contributed by atoms with Crippen molar-refractivity contribution in [1.82, 2.24) is 9.55 Å². The van der Waals surface area contributed by atoms with Gasteiger partial charge in [-0.25, -0.2) is 9.78 Å². The summed E-state index contributed by atoms with van der Waals surface area (Å²) >= 11 is 0. The molecule has 6 nitrogen and oxygen atoms in total. The van der Waals surface area contributed by atoms with Crippen molar-refractivity contribution in [2.24, 2.45) is 0 Å². The molecule has 0 radical (unpaired) electrons. The van der Waals surface area contributed by atoms with Gasteiger partial charge in [0.1, 0.15) is 6.61 Å². The van der Waals surface area contributed by atoms with Gasteiger partial charge in [0, 0.05) is 5.56 Å². The topological polar surface area (TPSA) is 81.4 Å². The van der Waals surface area contributed by atoms with E-state index in [1.54, 1.807) is 11.5 Å². The molecule has 1 aliphatic carbocycles. The molecule has 7 heteroatoms. The second kappa shape index (κ2) is 7.87. The minimum absolute atomic E-state index is 0.101. The van der Waals surface area contributed by atoms with Crippen LogP contribution >= 0.6 is 0 Å². The normalized spacial score (nSPS) is 22.0. The lowest BCUT2D eigenvalue weighted by atomic mass is 9.86. The number of fused-ring (bicyclic) bond motifs is 5. The number of rotatable bonds is 3. The predicted molar refractivity (Wildman–Crippen MR) is 138 cm³/mol. The van der Waals surface area contributed by atoms with E-state index in [1.165, 1.54) is 42.7 Å². The van der Waals surface area contributed by atoms with Crippen molar-refractivity contribution in [3.8, 4) is 11.4 Å². The molecule has 0 bridgehead atoms. The van der Waals surface area contributed by atoms with Gasteiger partial charge in [-0.2, -0.15) is 0 Å². The monoisotopic (exact) mass is 488 g/mol. The molecule has 1 N–H and O–H groups in total. The fourth-order valence-electron chi connectivity index (χ4n) is 6.79. The minimum Gasteiger partial charge on any atom is -0.458 e. The molecule has 0 amide bonds. The van der Waals surface area contributed by atoms with E-state index in [1.807, 2.05) is 12.1 Å². The lowest BCUT2D eigenvalue weighted by molar-refractivity contribution is -0.172. The molecule has 1 saturated carbocycles. The van der Waals surface area contributed by atoms with Crippen molar-refractivity contribution in [2.75, 3.05) is 0 Å². The number of para-hydroxylation sites is 1. The molecule has 0 spiro atoms. The number of aromatic nitrogens is 2. The number of pyridine rings is 2. The minimum atomic E-state index is -1.92. The number of nitrogens with zero attached hydrogens (tertiary/aromatic N) is 2. The third kappa shape index (κ3) is 3.14. The zero-order valence-electron chi connectivity index (χ0n) is 20.7. The third-order valence-electron chi connectivity index (χ3n) is 8.87. The van der Waals surface area contributed by atoms with Crippen molar-refractivity contribution in [3.63, 3.8) is 0 Å². The van der Waals surface area contributed by atoms with Gasteiger partial charge in [-0.1, -0.05) is 70.3 Å². The quantitative estimate of drug-likeness (QED) is 0.343. The summed E-state index contributed by atoms with van der Waals surface area (Å²) in [4.78, 5) is 31.3. The number of carbonyl (C=O) groups is 1. The molecular weight excluding hydrogens is 456 g/mol. The lowest BCUT2D eigenvalue weighted by Crippen LogP contribution is -2.49. The summed E-state index contributed by atoms with van der Waals surface area (Å²) in [6.45, 7) is 7.09. The fraction of sp³-hybridized carbons (Fsp3) is 0.464. The number of esters is 1. The fourth-order valence-corrected chi connectivity index (χ4v) is 10.9. The first-order chi connectivity index (χ1) is 16.8. The maximum absolute atomic E-state index is 13.7. The average molecular weight is 489 g/mol. The van der Waals surface area contributed by atoms with Crippen LogP contribution in [0.3, 0.4) is 0 Å². The van der Waals surface area contributed by atoms with Crippen molar-refractivity contribution in [1.29, 1.82) is 0 Å². The molecule has 1 aromatic carbocycles. The molecule has 2 aromatic heterocycles. The van der Waals surface area contributed by atoms with E-state index >= 15 is 0 Å². The van der Waals surface area contributed by atoms with Crippen molar-refractivity contribution in [2.45, 2.75) is 82.8 Å². The van der Waals surface area contributed by atoms with E-state index in [2.05, 4.69) is 31.3 Å². The Balaban J connectivity index is 1.63. The summed E-state index contributed by atoms with van der Waals surface area (Å²) < 4.78 is 7.02. The molecule has 3 aromatic rings. The molecule has 1 fully saturated rings. The van der Waals surface area contributed by atoms with Crippen molar-refractivity contribution in [3.05, 3.63) is 57.4 Å². The number of hydrogen-bond donors (Lipinski definition) is 1. The van der Waals surface area contributed by atoms with Crippen LogP contribution in [-0.4, -0.2) is 28.7 Å². The van der Waals surface area contributed by atoms with E-state index in [0.29, 0.717) is 28.9 Å². The number of carbonyl (C=O) groups excluding carboxylic acids is 1. The Morgan fingerprint density at radius 3 is 2.63 bits per heavy atom. The molecule has 182 valence electrons. The van der Waals surface area contributed by atoms with Gasteiger partial charge < -0.3 is 14.4 Å². The summed E-state index contributed by atoms with van der Waals surface area (Å²) in [5, 5.41) is 13.8. The molecule has 3 aliphatic rings. The van der Waals surface area contributed by atoms with E-state index in [-0.39, 0.29) is 18.6 Å². The molecule has 2 aliphatic heterocycles. The van der Waals surface area contributed by atoms with Crippen molar-refractivity contribution < 1.29 is 14.6 Å². The zero-order chi connectivity index (χ0) is 24.5. The highest BCUT2D eigenvalue weighted by Crippen LogP contribution is 2.42. The van der Waals surface area contributed by atoms with Gasteiger partial charge in [0.05, 0.1) is 37.1 Å². The number of cyclic esters (lactones) is 1. The molecular formula is C28H32N2O4Si. The summed E-state index contributed by atoms with van der Waals surface area (Å²) in [5.74, 6) is -0.687. The number of benzene rings is 1.